The van der Waals surface area contributed by atoms with Crippen molar-refractivity contribution in [3.63, 3.8) is 0 Å². The van der Waals surface area contributed by atoms with Crippen LogP contribution in [0.15, 0.2) is 78.4 Å². The minimum absolute atomic E-state index is 0.0125. The summed E-state index contributed by atoms with van der Waals surface area (Å²) in [5, 5.41) is 11.2. The van der Waals surface area contributed by atoms with E-state index in [1.54, 1.807) is 55.6 Å². The second-order valence-electron chi connectivity index (χ2n) is 8.03. The molecule has 0 aromatic heterocycles. The van der Waals surface area contributed by atoms with Crippen LogP contribution in [0, 0.1) is 0 Å². The molecule has 4 rings (SSSR count). The lowest BCUT2D eigenvalue weighted by molar-refractivity contribution is -0.132. The maximum atomic E-state index is 13.2. The monoisotopic (exact) mass is 471 g/mol. The van der Waals surface area contributed by atoms with Crippen LogP contribution in [0.25, 0.3) is 5.76 Å². The van der Waals surface area contributed by atoms with Gasteiger partial charge in [-0.15, -0.1) is 0 Å². The largest absolute Gasteiger partial charge is 0.507 e. The maximum Gasteiger partial charge on any atom is 0.337 e. The zero-order valence-corrected chi connectivity index (χ0v) is 19.6. The van der Waals surface area contributed by atoms with Crippen LogP contribution in [0.3, 0.4) is 0 Å². The summed E-state index contributed by atoms with van der Waals surface area (Å²) in [4.78, 5) is 39.7. The maximum absolute atomic E-state index is 13.2. The first-order valence-electron chi connectivity index (χ1n) is 11.1. The number of hydrogen-bond acceptors (Lipinski definition) is 6. The van der Waals surface area contributed by atoms with Crippen LogP contribution in [0.1, 0.15) is 40.0 Å². The minimum Gasteiger partial charge on any atom is -0.507 e. The summed E-state index contributed by atoms with van der Waals surface area (Å²) in [7, 11) is 2.83. The average molecular weight is 472 g/mol. The van der Waals surface area contributed by atoms with Crippen LogP contribution >= 0.6 is 0 Å². The molecule has 1 fully saturated rings. The number of aryl methyl sites for hydroxylation is 1. The molecule has 3 aromatic rings. The number of ketones is 1. The second kappa shape index (κ2) is 9.85. The topological polar surface area (TPSA) is 93.1 Å². The molecule has 35 heavy (non-hydrogen) atoms. The second-order valence-corrected chi connectivity index (χ2v) is 8.03. The summed E-state index contributed by atoms with van der Waals surface area (Å²) < 4.78 is 9.98. The predicted molar refractivity (Wildman–Crippen MR) is 131 cm³/mol. The molecule has 1 unspecified atom stereocenters. The number of hydrogen-bond donors (Lipinski definition) is 1. The molecular formula is C28H25NO6. The first-order valence-corrected chi connectivity index (χ1v) is 11.1. The molecule has 1 N–H and O–H groups in total. The van der Waals surface area contributed by atoms with E-state index in [1.165, 1.54) is 24.1 Å². The number of aliphatic hydroxyl groups is 1. The van der Waals surface area contributed by atoms with Gasteiger partial charge in [-0.25, -0.2) is 4.79 Å². The normalized spacial score (nSPS) is 16.9. The summed E-state index contributed by atoms with van der Waals surface area (Å²) >= 11 is 0. The molecule has 7 heteroatoms. The zero-order chi connectivity index (χ0) is 25.1. The average Bonchev–Trinajstić information content (AvgIpc) is 3.18. The number of esters is 1. The van der Waals surface area contributed by atoms with Gasteiger partial charge in [0.15, 0.2) is 0 Å². The third kappa shape index (κ3) is 4.40. The van der Waals surface area contributed by atoms with Crippen molar-refractivity contribution in [2.45, 2.75) is 19.4 Å². The number of benzene rings is 3. The van der Waals surface area contributed by atoms with Gasteiger partial charge in [0.2, 0.25) is 0 Å². The highest BCUT2D eigenvalue weighted by Gasteiger charge is 2.47. The number of anilines is 1. The molecule has 0 bridgehead atoms. The molecule has 0 saturated carbocycles. The Labute approximate surface area is 203 Å². The fourth-order valence-electron chi connectivity index (χ4n) is 4.13. The first kappa shape index (κ1) is 23.8. The van der Waals surface area contributed by atoms with E-state index in [-0.39, 0.29) is 11.3 Å². The lowest BCUT2D eigenvalue weighted by Crippen LogP contribution is -2.29. The molecule has 1 aliphatic heterocycles. The third-order valence-electron chi connectivity index (χ3n) is 6.08. The van der Waals surface area contributed by atoms with Gasteiger partial charge in [0, 0.05) is 11.3 Å². The van der Waals surface area contributed by atoms with E-state index < -0.39 is 23.7 Å². The molecule has 0 spiro atoms. The Kier molecular flexibility index (Phi) is 6.68. The Bertz CT molecular complexity index is 1290. The van der Waals surface area contributed by atoms with Gasteiger partial charge in [0.25, 0.3) is 11.7 Å². The Hall–Kier alpha value is -4.39. The molecule has 1 heterocycles. The van der Waals surface area contributed by atoms with Gasteiger partial charge in [0.05, 0.1) is 31.4 Å². The molecule has 3 aromatic carbocycles. The summed E-state index contributed by atoms with van der Waals surface area (Å²) in [5.41, 5.74) is 2.85. The van der Waals surface area contributed by atoms with Crippen molar-refractivity contribution in [3.05, 3.63) is 101 Å². The number of carbonyl (C=O) groups is 3. The van der Waals surface area contributed by atoms with Crippen LogP contribution in [-0.2, 0) is 20.7 Å². The quantitative estimate of drug-likeness (QED) is 0.243. The van der Waals surface area contributed by atoms with Gasteiger partial charge >= 0.3 is 5.97 Å². The number of methoxy groups -OCH3 is 2. The number of amides is 1. The lowest BCUT2D eigenvalue weighted by Gasteiger charge is -2.25. The van der Waals surface area contributed by atoms with Crippen molar-refractivity contribution in [3.8, 4) is 5.75 Å². The summed E-state index contributed by atoms with van der Waals surface area (Å²) in [6.45, 7) is 2.02. The number of nitrogens with zero attached hydrogens (tertiary/aromatic N) is 1. The molecule has 0 radical (unpaired) electrons. The number of Topliss-reactive ketones (excluding diaryl/α,β-unsaturated/α-hetero) is 1. The highest BCUT2D eigenvalue weighted by atomic mass is 16.5. The summed E-state index contributed by atoms with van der Waals surface area (Å²) in [5.74, 6) is -1.71. The highest BCUT2D eigenvalue weighted by Crippen LogP contribution is 2.42. The van der Waals surface area contributed by atoms with E-state index >= 15 is 0 Å². The Balaban J connectivity index is 1.87. The molecule has 1 amide bonds. The van der Waals surface area contributed by atoms with Gasteiger partial charge in [-0.05, 0) is 53.9 Å². The first-order chi connectivity index (χ1) is 16.9. The van der Waals surface area contributed by atoms with E-state index in [0.717, 1.165) is 12.0 Å². The molecule has 7 nitrogen and oxygen atoms in total. The number of rotatable bonds is 6. The number of carbonyl (C=O) groups excluding carboxylic acids is 3. The fraction of sp³-hybridized carbons (Fsp3) is 0.179. The summed E-state index contributed by atoms with van der Waals surface area (Å²) in [6, 6.07) is 19.5. The molecule has 1 atom stereocenters. The van der Waals surface area contributed by atoms with Gasteiger partial charge in [-0.3, -0.25) is 14.5 Å². The van der Waals surface area contributed by atoms with Crippen molar-refractivity contribution in [2.24, 2.45) is 0 Å². The minimum atomic E-state index is -0.879. The van der Waals surface area contributed by atoms with Gasteiger partial charge in [0.1, 0.15) is 11.5 Å². The Morgan fingerprint density at radius 3 is 2.03 bits per heavy atom. The molecule has 1 aliphatic rings. The smallest absolute Gasteiger partial charge is 0.337 e. The molecular weight excluding hydrogens is 446 g/mol. The SMILES string of the molecule is CCc1ccc(/C(O)=C2\C(=O)C(=O)N(c3ccc(C(=O)OC)cc3)C2c2ccc(OC)cc2)cc1. The highest BCUT2D eigenvalue weighted by molar-refractivity contribution is 6.51. The van der Waals surface area contributed by atoms with Crippen molar-refractivity contribution >= 4 is 29.1 Å². The number of ether oxygens (including phenoxy) is 2. The van der Waals surface area contributed by atoms with Gasteiger partial charge < -0.3 is 14.6 Å². The third-order valence-corrected chi connectivity index (χ3v) is 6.08. The van der Waals surface area contributed by atoms with E-state index in [2.05, 4.69) is 0 Å². The van der Waals surface area contributed by atoms with Crippen LogP contribution < -0.4 is 9.64 Å². The number of aliphatic hydroxyl groups excluding tert-OH is 1. The van der Waals surface area contributed by atoms with Crippen molar-refractivity contribution in [1.82, 2.24) is 0 Å². The van der Waals surface area contributed by atoms with Gasteiger partial charge in [-0.1, -0.05) is 43.3 Å². The predicted octanol–water partition coefficient (Wildman–Crippen LogP) is 4.67. The fourth-order valence-corrected chi connectivity index (χ4v) is 4.13. The van der Waals surface area contributed by atoms with E-state index in [1.807, 2.05) is 19.1 Å². The lowest BCUT2D eigenvalue weighted by atomic mass is 9.94. The standard InChI is InChI=1S/C28H25NO6/c1-4-17-5-7-19(8-6-17)25(30)23-24(18-11-15-22(34-2)16-12-18)29(27(32)26(23)31)21-13-9-20(10-14-21)28(33)35-3/h5-16,24,30H,4H2,1-3H3/b25-23+. The van der Waals surface area contributed by atoms with Crippen LogP contribution in [-0.4, -0.2) is 37.0 Å². The molecule has 178 valence electrons. The van der Waals surface area contributed by atoms with E-state index in [9.17, 15) is 19.5 Å². The zero-order valence-electron chi connectivity index (χ0n) is 19.6. The Morgan fingerprint density at radius 1 is 0.886 bits per heavy atom. The van der Waals surface area contributed by atoms with Gasteiger partial charge in [-0.2, -0.15) is 0 Å². The van der Waals surface area contributed by atoms with Crippen LogP contribution in [0.4, 0.5) is 5.69 Å². The summed E-state index contributed by atoms with van der Waals surface area (Å²) in [6.07, 6.45) is 0.832. The van der Waals surface area contributed by atoms with Crippen LogP contribution in [0.5, 0.6) is 5.75 Å². The van der Waals surface area contributed by atoms with E-state index in [0.29, 0.717) is 28.1 Å². The van der Waals surface area contributed by atoms with Crippen molar-refractivity contribution in [2.75, 3.05) is 19.1 Å². The Morgan fingerprint density at radius 2 is 1.49 bits per heavy atom. The van der Waals surface area contributed by atoms with Crippen LogP contribution in [0.2, 0.25) is 0 Å². The molecule has 1 saturated heterocycles. The van der Waals surface area contributed by atoms with Crippen molar-refractivity contribution in [1.29, 1.82) is 0 Å². The van der Waals surface area contributed by atoms with Crippen molar-refractivity contribution < 1.29 is 29.0 Å². The molecule has 0 aliphatic carbocycles. The van der Waals surface area contributed by atoms with E-state index in [4.69, 9.17) is 9.47 Å².